The maximum atomic E-state index is 13.5. The number of thioether (sulfide) groups is 1. The Bertz CT molecular complexity index is 2110. The number of halogens is 1. The van der Waals surface area contributed by atoms with Crippen molar-refractivity contribution in [2.45, 2.75) is 36.6 Å². The van der Waals surface area contributed by atoms with Crippen molar-refractivity contribution in [2.75, 3.05) is 17.2 Å². The SMILES string of the molecule is CC(Sc1cccc(NC(=O)/C(=C/c2ccc(Br)cc2)NC(=O)c2ccccc2)c1)C(=O)Nc1sc2c(c1C#N)CCN(Cc1ccccc1)C2. The number of amides is 3. The molecule has 0 saturated carbocycles. The molecule has 8 nitrogen and oxygen atoms in total. The largest absolute Gasteiger partial charge is 0.321 e. The van der Waals surface area contributed by atoms with E-state index in [1.807, 2.05) is 61.5 Å². The van der Waals surface area contributed by atoms with Gasteiger partial charge in [-0.3, -0.25) is 19.3 Å². The minimum absolute atomic E-state index is 0.0760. The number of nitrogens with one attached hydrogen (secondary N) is 3. The molecule has 2 heterocycles. The fraction of sp³-hybridized carbons (Fsp3) is 0.150. The number of thiophene rings is 1. The van der Waals surface area contributed by atoms with Crippen LogP contribution in [0.15, 0.2) is 124 Å². The zero-order chi connectivity index (χ0) is 35.7. The minimum Gasteiger partial charge on any atom is -0.321 e. The first kappa shape index (κ1) is 35.8. The number of fused-ring (bicyclic) bond motifs is 1. The first-order valence-corrected chi connectivity index (χ1v) is 18.8. The van der Waals surface area contributed by atoms with Crippen LogP contribution in [0.5, 0.6) is 0 Å². The lowest BCUT2D eigenvalue weighted by atomic mass is 10.0. The van der Waals surface area contributed by atoms with Crippen LogP contribution in [0.4, 0.5) is 10.7 Å². The summed E-state index contributed by atoms with van der Waals surface area (Å²) in [5.41, 5.74) is 4.56. The van der Waals surface area contributed by atoms with E-state index in [1.54, 1.807) is 48.5 Å². The zero-order valence-electron chi connectivity index (χ0n) is 27.7. The summed E-state index contributed by atoms with van der Waals surface area (Å²) >= 11 is 6.25. The van der Waals surface area contributed by atoms with Gasteiger partial charge >= 0.3 is 0 Å². The van der Waals surface area contributed by atoms with Crippen molar-refractivity contribution >= 4 is 73.5 Å². The van der Waals surface area contributed by atoms with Crippen molar-refractivity contribution in [1.82, 2.24) is 10.2 Å². The highest BCUT2D eigenvalue weighted by molar-refractivity contribution is 9.10. The second-order valence-electron chi connectivity index (χ2n) is 11.9. The van der Waals surface area contributed by atoms with Crippen LogP contribution in [0, 0.1) is 11.3 Å². The Kier molecular flexibility index (Phi) is 11.8. The third kappa shape index (κ3) is 9.42. The normalized spacial score (nSPS) is 13.4. The van der Waals surface area contributed by atoms with E-state index in [9.17, 15) is 19.6 Å². The molecule has 1 aromatic heterocycles. The van der Waals surface area contributed by atoms with Gasteiger partial charge < -0.3 is 16.0 Å². The number of anilines is 2. The van der Waals surface area contributed by atoms with Crippen molar-refractivity contribution in [3.05, 3.63) is 152 Å². The van der Waals surface area contributed by atoms with Crippen LogP contribution in [-0.4, -0.2) is 34.4 Å². The molecular formula is C40H34BrN5O3S2. The van der Waals surface area contributed by atoms with Crippen molar-refractivity contribution in [3.63, 3.8) is 0 Å². The van der Waals surface area contributed by atoms with Gasteiger partial charge in [0.25, 0.3) is 11.8 Å². The van der Waals surface area contributed by atoms with Crippen LogP contribution in [0.2, 0.25) is 0 Å². The topological polar surface area (TPSA) is 114 Å². The molecule has 0 saturated heterocycles. The first-order chi connectivity index (χ1) is 24.7. The molecule has 256 valence electrons. The summed E-state index contributed by atoms with van der Waals surface area (Å²) in [4.78, 5) is 44.2. The highest BCUT2D eigenvalue weighted by Gasteiger charge is 2.26. The third-order valence-electron chi connectivity index (χ3n) is 8.22. The summed E-state index contributed by atoms with van der Waals surface area (Å²) in [7, 11) is 0. The summed E-state index contributed by atoms with van der Waals surface area (Å²) in [5, 5.41) is 18.8. The molecule has 3 N–H and O–H groups in total. The number of nitrogens with zero attached hydrogens (tertiary/aromatic N) is 2. The van der Waals surface area contributed by atoms with E-state index in [2.05, 4.69) is 55.0 Å². The van der Waals surface area contributed by atoms with Gasteiger partial charge in [0.05, 0.1) is 10.8 Å². The van der Waals surface area contributed by atoms with E-state index in [1.165, 1.54) is 28.7 Å². The predicted molar refractivity (Wildman–Crippen MR) is 208 cm³/mol. The molecule has 3 amide bonds. The minimum atomic E-state index is -0.497. The van der Waals surface area contributed by atoms with E-state index in [0.717, 1.165) is 51.4 Å². The molecule has 0 bridgehead atoms. The van der Waals surface area contributed by atoms with Gasteiger partial charge in [-0.1, -0.05) is 82.7 Å². The molecule has 11 heteroatoms. The van der Waals surface area contributed by atoms with Crippen LogP contribution in [0.3, 0.4) is 0 Å². The summed E-state index contributed by atoms with van der Waals surface area (Å²) in [6, 6.07) is 35.9. The number of rotatable bonds is 11. The number of hydrogen-bond donors (Lipinski definition) is 3. The molecule has 0 aliphatic carbocycles. The number of benzene rings is 4. The zero-order valence-corrected chi connectivity index (χ0v) is 30.9. The van der Waals surface area contributed by atoms with Crippen molar-refractivity contribution in [3.8, 4) is 6.07 Å². The van der Waals surface area contributed by atoms with Crippen LogP contribution in [0.1, 0.15) is 44.4 Å². The molecule has 0 fully saturated rings. The predicted octanol–water partition coefficient (Wildman–Crippen LogP) is 8.47. The molecule has 0 radical (unpaired) electrons. The quantitative estimate of drug-likeness (QED) is 0.0917. The molecule has 51 heavy (non-hydrogen) atoms. The molecule has 1 aliphatic rings. The van der Waals surface area contributed by atoms with Gasteiger partial charge in [-0.25, -0.2) is 0 Å². The fourth-order valence-electron chi connectivity index (χ4n) is 5.62. The third-order valence-corrected chi connectivity index (χ3v) is 11.0. The average Bonchev–Trinajstić information content (AvgIpc) is 3.49. The fourth-order valence-corrected chi connectivity index (χ4v) is 8.06. The standard InChI is InChI=1S/C40H34BrN5O3S2/c1-26(37(47)45-40-34(23-42)33-19-20-46(25-36(33)51-40)24-28-9-4-2-5-10-28)50-32-14-8-13-31(22-32)43-39(49)35(21-27-15-17-30(41)18-16-27)44-38(48)29-11-6-3-7-12-29/h2-18,21-22,26H,19-20,24-25H2,1H3,(H,43,49)(H,44,48)(H,45,47)/b35-21-. The molecular weight excluding hydrogens is 743 g/mol. The van der Waals surface area contributed by atoms with Gasteiger partial charge in [-0.05, 0) is 78.6 Å². The van der Waals surface area contributed by atoms with E-state index in [-0.39, 0.29) is 11.6 Å². The summed E-state index contributed by atoms with van der Waals surface area (Å²) in [5.74, 6) is -1.12. The van der Waals surface area contributed by atoms with Gasteiger partial charge in [-0.2, -0.15) is 5.26 Å². The smallest absolute Gasteiger partial charge is 0.272 e. The number of carbonyl (C=O) groups excluding carboxylic acids is 3. The molecule has 1 atom stereocenters. The van der Waals surface area contributed by atoms with Gasteiger partial charge in [-0.15, -0.1) is 23.1 Å². The summed E-state index contributed by atoms with van der Waals surface area (Å²) in [6.07, 6.45) is 2.38. The van der Waals surface area contributed by atoms with Gasteiger partial charge in [0.1, 0.15) is 16.8 Å². The molecule has 1 unspecified atom stereocenters. The van der Waals surface area contributed by atoms with Gasteiger partial charge in [0, 0.05) is 45.1 Å². The number of hydrogen-bond acceptors (Lipinski definition) is 7. The Hall–Kier alpha value is -4.99. The number of nitriles is 1. The monoisotopic (exact) mass is 775 g/mol. The van der Waals surface area contributed by atoms with E-state index < -0.39 is 17.1 Å². The van der Waals surface area contributed by atoms with E-state index >= 15 is 0 Å². The summed E-state index contributed by atoms with van der Waals surface area (Å²) in [6.45, 7) is 4.23. The highest BCUT2D eigenvalue weighted by Crippen LogP contribution is 2.38. The lowest BCUT2D eigenvalue weighted by Gasteiger charge is -2.26. The van der Waals surface area contributed by atoms with E-state index in [0.29, 0.717) is 21.8 Å². The van der Waals surface area contributed by atoms with Crippen LogP contribution >= 0.6 is 39.0 Å². The van der Waals surface area contributed by atoms with Crippen LogP contribution in [-0.2, 0) is 29.1 Å². The maximum Gasteiger partial charge on any atom is 0.272 e. The second kappa shape index (κ2) is 16.8. The highest BCUT2D eigenvalue weighted by atomic mass is 79.9. The van der Waals surface area contributed by atoms with Crippen molar-refractivity contribution in [1.29, 1.82) is 5.26 Å². The summed E-state index contributed by atoms with van der Waals surface area (Å²) < 4.78 is 0.891. The maximum absolute atomic E-state index is 13.5. The van der Waals surface area contributed by atoms with Crippen molar-refractivity contribution in [2.24, 2.45) is 0 Å². The van der Waals surface area contributed by atoms with Crippen LogP contribution < -0.4 is 16.0 Å². The van der Waals surface area contributed by atoms with Gasteiger partial charge in [0.15, 0.2) is 0 Å². The molecule has 0 spiro atoms. The lowest BCUT2D eigenvalue weighted by Crippen LogP contribution is -2.30. The first-order valence-electron chi connectivity index (χ1n) is 16.3. The Morgan fingerprint density at radius 1 is 0.961 bits per heavy atom. The average molecular weight is 777 g/mol. The Morgan fingerprint density at radius 2 is 1.69 bits per heavy atom. The van der Waals surface area contributed by atoms with E-state index in [4.69, 9.17) is 0 Å². The molecule has 5 aromatic rings. The Morgan fingerprint density at radius 3 is 2.41 bits per heavy atom. The van der Waals surface area contributed by atoms with Gasteiger partial charge in [0.2, 0.25) is 5.91 Å². The van der Waals surface area contributed by atoms with Crippen LogP contribution in [0.25, 0.3) is 6.08 Å². The lowest BCUT2D eigenvalue weighted by molar-refractivity contribution is -0.115. The molecule has 4 aromatic carbocycles. The van der Waals surface area contributed by atoms with Crippen molar-refractivity contribution < 1.29 is 14.4 Å². The Balaban J connectivity index is 1.11. The molecule has 6 rings (SSSR count). The number of carbonyl (C=O) groups is 3. The Labute approximate surface area is 313 Å². The molecule has 1 aliphatic heterocycles. The second-order valence-corrected chi connectivity index (χ2v) is 15.4.